The predicted molar refractivity (Wildman–Crippen MR) is 129 cm³/mol. The van der Waals surface area contributed by atoms with Gasteiger partial charge in [0.25, 0.3) is 0 Å². The normalized spacial score (nSPS) is 23.8. The van der Waals surface area contributed by atoms with Crippen LogP contribution in [-0.4, -0.2) is 52.9 Å². The third-order valence-corrected chi connectivity index (χ3v) is 7.39. The van der Waals surface area contributed by atoms with Gasteiger partial charge in [-0.3, -0.25) is 4.79 Å². The smallest absolute Gasteiger partial charge is 0.220 e. The maximum atomic E-state index is 11.7. The number of rotatable bonds is 5. The molecule has 3 aliphatic rings. The van der Waals surface area contributed by atoms with Crippen LogP contribution in [0, 0.1) is 24.7 Å². The van der Waals surface area contributed by atoms with Gasteiger partial charge in [0.05, 0.1) is 6.10 Å². The zero-order valence-electron chi connectivity index (χ0n) is 19.3. The van der Waals surface area contributed by atoms with Crippen molar-refractivity contribution >= 4 is 29.4 Å². The van der Waals surface area contributed by atoms with Crippen LogP contribution in [0.5, 0.6) is 0 Å². The number of amides is 1. The first-order valence-electron chi connectivity index (χ1n) is 11.8. The SMILES string of the molecule is Cc1nc(Nc2cc(C3CCC(O)CC3)c(C)cc2C=N)cc(N2CC3(CNC(=O)C3)C2)n1. The molecule has 1 spiro atoms. The van der Waals surface area contributed by atoms with E-state index in [1.165, 1.54) is 17.3 Å². The van der Waals surface area contributed by atoms with E-state index in [9.17, 15) is 9.90 Å². The highest BCUT2D eigenvalue weighted by atomic mass is 16.3. The van der Waals surface area contributed by atoms with E-state index in [0.717, 1.165) is 62.4 Å². The van der Waals surface area contributed by atoms with Gasteiger partial charge in [-0.15, -0.1) is 0 Å². The van der Waals surface area contributed by atoms with Crippen LogP contribution in [-0.2, 0) is 4.79 Å². The highest BCUT2D eigenvalue weighted by Crippen LogP contribution is 2.40. The van der Waals surface area contributed by atoms with Gasteiger partial charge in [-0.2, -0.15) is 0 Å². The second-order valence-electron chi connectivity index (χ2n) is 10.0. The lowest BCUT2D eigenvalue weighted by molar-refractivity contribution is -0.119. The van der Waals surface area contributed by atoms with Crippen LogP contribution >= 0.6 is 0 Å². The van der Waals surface area contributed by atoms with E-state index < -0.39 is 0 Å². The Kier molecular flexibility index (Phi) is 5.56. The zero-order chi connectivity index (χ0) is 23.2. The highest BCUT2D eigenvalue weighted by molar-refractivity contribution is 5.88. The van der Waals surface area contributed by atoms with Crippen molar-refractivity contribution in [1.29, 1.82) is 5.41 Å². The van der Waals surface area contributed by atoms with Crippen molar-refractivity contribution in [3.8, 4) is 0 Å². The number of aliphatic hydroxyl groups is 1. The minimum atomic E-state index is -0.179. The van der Waals surface area contributed by atoms with E-state index in [0.29, 0.717) is 24.0 Å². The van der Waals surface area contributed by atoms with Crippen LogP contribution in [0.1, 0.15) is 60.5 Å². The van der Waals surface area contributed by atoms with Crippen LogP contribution in [0.25, 0.3) is 0 Å². The Hall–Kier alpha value is -3.00. The third kappa shape index (κ3) is 4.31. The van der Waals surface area contributed by atoms with E-state index in [1.54, 1.807) is 0 Å². The van der Waals surface area contributed by atoms with Gasteiger partial charge < -0.3 is 26.0 Å². The summed E-state index contributed by atoms with van der Waals surface area (Å²) in [7, 11) is 0. The second kappa shape index (κ2) is 8.41. The summed E-state index contributed by atoms with van der Waals surface area (Å²) in [6.45, 7) is 6.36. The number of aryl methyl sites for hydroxylation is 2. The molecule has 33 heavy (non-hydrogen) atoms. The molecular weight excluding hydrogens is 416 g/mol. The molecule has 1 aromatic heterocycles. The Bertz CT molecular complexity index is 1090. The zero-order valence-corrected chi connectivity index (χ0v) is 19.3. The fourth-order valence-corrected chi connectivity index (χ4v) is 5.62. The van der Waals surface area contributed by atoms with Crippen molar-refractivity contribution in [3.05, 3.63) is 40.7 Å². The summed E-state index contributed by atoms with van der Waals surface area (Å²) in [5.41, 5.74) is 4.19. The first kappa shape index (κ1) is 21.8. The van der Waals surface area contributed by atoms with Gasteiger partial charge in [-0.1, -0.05) is 0 Å². The third-order valence-electron chi connectivity index (χ3n) is 7.39. The van der Waals surface area contributed by atoms with Gasteiger partial charge in [0.1, 0.15) is 17.5 Å². The van der Waals surface area contributed by atoms with E-state index in [-0.39, 0.29) is 17.4 Å². The molecule has 2 aliphatic heterocycles. The van der Waals surface area contributed by atoms with Crippen LogP contribution < -0.4 is 15.5 Å². The van der Waals surface area contributed by atoms with Crippen LogP contribution in [0.3, 0.4) is 0 Å². The largest absolute Gasteiger partial charge is 0.393 e. The maximum absolute atomic E-state index is 11.7. The number of anilines is 3. The van der Waals surface area contributed by atoms with Crippen LogP contribution in [0.15, 0.2) is 18.2 Å². The number of benzene rings is 1. The maximum Gasteiger partial charge on any atom is 0.220 e. The van der Waals surface area contributed by atoms with Crippen LogP contribution in [0.4, 0.5) is 17.3 Å². The molecule has 1 aromatic carbocycles. The summed E-state index contributed by atoms with van der Waals surface area (Å²) in [6, 6.07) is 6.17. The van der Waals surface area contributed by atoms with Gasteiger partial charge in [-0.05, 0) is 68.7 Å². The molecule has 3 heterocycles. The van der Waals surface area contributed by atoms with Crippen molar-refractivity contribution in [3.63, 3.8) is 0 Å². The molecule has 1 amide bonds. The molecule has 0 radical (unpaired) electrons. The molecule has 0 atom stereocenters. The summed E-state index contributed by atoms with van der Waals surface area (Å²) in [5.74, 6) is 2.81. The van der Waals surface area contributed by atoms with Crippen molar-refractivity contribution in [2.75, 3.05) is 29.9 Å². The number of nitrogens with zero attached hydrogens (tertiary/aromatic N) is 3. The first-order chi connectivity index (χ1) is 15.8. The second-order valence-corrected chi connectivity index (χ2v) is 10.0. The summed E-state index contributed by atoms with van der Waals surface area (Å²) in [4.78, 5) is 23.1. The van der Waals surface area contributed by atoms with Gasteiger partial charge in [0.2, 0.25) is 5.91 Å². The van der Waals surface area contributed by atoms with Gasteiger partial charge in [0.15, 0.2) is 0 Å². The van der Waals surface area contributed by atoms with E-state index in [4.69, 9.17) is 5.41 Å². The number of hydrogen-bond donors (Lipinski definition) is 4. The molecule has 3 fully saturated rings. The average molecular weight is 449 g/mol. The Morgan fingerprint density at radius 3 is 2.61 bits per heavy atom. The lowest BCUT2D eigenvalue weighted by Crippen LogP contribution is -2.57. The molecule has 8 heteroatoms. The first-order valence-corrected chi connectivity index (χ1v) is 11.8. The van der Waals surface area contributed by atoms with Crippen molar-refractivity contribution < 1.29 is 9.90 Å². The molecular formula is C25H32N6O2. The lowest BCUT2D eigenvalue weighted by Gasteiger charge is -2.47. The average Bonchev–Trinajstić information content (AvgIpc) is 3.16. The van der Waals surface area contributed by atoms with E-state index in [2.05, 4.69) is 44.6 Å². The van der Waals surface area contributed by atoms with Gasteiger partial charge >= 0.3 is 0 Å². The summed E-state index contributed by atoms with van der Waals surface area (Å²) >= 11 is 0. The highest BCUT2D eigenvalue weighted by Gasteiger charge is 2.48. The Morgan fingerprint density at radius 1 is 1.18 bits per heavy atom. The molecule has 8 nitrogen and oxygen atoms in total. The summed E-state index contributed by atoms with van der Waals surface area (Å²) in [6.07, 6.45) is 5.43. The molecule has 1 aliphatic carbocycles. The summed E-state index contributed by atoms with van der Waals surface area (Å²) in [5, 5.41) is 24.2. The number of carbonyl (C=O) groups is 1. The molecule has 0 unspecified atom stereocenters. The standard InChI is InChI=1S/C25H32N6O2/c1-15-7-18(11-26)21(8-20(15)17-3-5-19(32)6-4-17)30-22-9-23(29-16(2)28-22)31-13-25(14-31)10-24(33)27-12-25/h7-9,11,17,19,26,32H,3-6,10,12-14H2,1-2H3,(H,27,33)(H,28,29,30). The van der Waals surface area contributed by atoms with Crippen molar-refractivity contribution in [2.45, 2.75) is 58.0 Å². The Balaban J connectivity index is 1.38. The Morgan fingerprint density at radius 2 is 1.94 bits per heavy atom. The predicted octanol–water partition coefficient (Wildman–Crippen LogP) is 3.18. The number of aliphatic hydroxyl groups excluding tert-OH is 1. The molecule has 5 rings (SSSR count). The number of aromatic nitrogens is 2. The molecule has 1 saturated carbocycles. The quantitative estimate of drug-likeness (QED) is 0.523. The molecule has 0 bridgehead atoms. The van der Waals surface area contributed by atoms with Crippen LogP contribution in [0.2, 0.25) is 0 Å². The van der Waals surface area contributed by atoms with Crippen molar-refractivity contribution in [1.82, 2.24) is 15.3 Å². The molecule has 4 N–H and O–H groups in total. The fourth-order valence-electron chi connectivity index (χ4n) is 5.62. The number of carbonyl (C=O) groups excluding carboxylic acids is 1. The van der Waals surface area contributed by atoms with Gasteiger partial charge in [0, 0.05) is 55.0 Å². The molecule has 174 valence electrons. The minimum Gasteiger partial charge on any atom is -0.393 e. The van der Waals surface area contributed by atoms with E-state index >= 15 is 0 Å². The molecule has 2 aromatic rings. The minimum absolute atomic E-state index is 0.0380. The molecule has 2 saturated heterocycles. The monoisotopic (exact) mass is 448 g/mol. The summed E-state index contributed by atoms with van der Waals surface area (Å²) < 4.78 is 0. The topological polar surface area (TPSA) is 114 Å². The number of hydrogen-bond acceptors (Lipinski definition) is 7. The Labute approximate surface area is 194 Å². The van der Waals surface area contributed by atoms with Gasteiger partial charge in [-0.25, -0.2) is 9.97 Å². The fraction of sp³-hybridized carbons (Fsp3) is 0.520. The van der Waals surface area contributed by atoms with E-state index in [1.807, 2.05) is 13.0 Å². The number of nitrogens with one attached hydrogen (secondary N) is 3. The lowest BCUT2D eigenvalue weighted by atomic mass is 9.79. The van der Waals surface area contributed by atoms with Crippen molar-refractivity contribution in [2.24, 2.45) is 5.41 Å².